The molecule has 0 radical (unpaired) electrons. The monoisotopic (exact) mass is 386 g/mol. The normalized spacial score (nSPS) is 10.4. The van der Waals surface area contributed by atoms with Gasteiger partial charge in [0.2, 0.25) is 0 Å². The Morgan fingerprint density at radius 2 is 1.69 bits per heavy atom. The highest BCUT2D eigenvalue weighted by Gasteiger charge is 2.12. The van der Waals surface area contributed by atoms with Crippen LogP contribution >= 0.6 is 23.2 Å². The van der Waals surface area contributed by atoms with Gasteiger partial charge in [0.1, 0.15) is 17.3 Å². The molecule has 0 aliphatic heterocycles. The number of aromatic nitrogens is 2. The Balaban J connectivity index is 1.78. The Kier molecular flexibility index (Phi) is 5.71. The molecule has 3 rings (SSSR count). The topological polar surface area (TPSA) is 66.9 Å². The fraction of sp³-hybridized carbons (Fsp3) is 0.105. The zero-order valence-electron chi connectivity index (χ0n) is 14.0. The van der Waals surface area contributed by atoms with Gasteiger partial charge in [-0.2, -0.15) is 0 Å². The van der Waals surface area contributed by atoms with Crippen LogP contribution in [0.25, 0.3) is 0 Å². The minimum atomic E-state index is -0.285. The Hall–Kier alpha value is -2.63. The standard InChI is InChI=1S/C19H16Cl2N4O/c1-12-23-16(19(26)22-11-13-6-3-2-4-7-13)10-17(24-12)25-18-14(20)8-5-9-15(18)21/h2-10H,11H2,1H3,(H,22,26)(H,23,24,25). The van der Waals surface area contributed by atoms with Gasteiger partial charge < -0.3 is 10.6 Å². The van der Waals surface area contributed by atoms with Crippen LogP contribution in [0.2, 0.25) is 10.0 Å². The zero-order chi connectivity index (χ0) is 18.5. The van der Waals surface area contributed by atoms with Crippen molar-refractivity contribution in [3.63, 3.8) is 0 Å². The number of nitrogens with one attached hydrogen (secondary N) is 2. The minimum Gasteiger partial charge on any atom is -0.347 e. The predicted molar refractivity (Wildman–Crippen MR) is 104 cm³/mol. The van der Waals surface area contributed by atoms with E-state index in [-0.39, 0.29) is 11.6 Å². The lowest BCUT2D eigenvalue weighted by molar-refractivity contribution is 0.0945. The summed E-state index contributed by atoms with van der Waals surface area (Å²) < 4.78 is 0. The van der Waals surface area contributed by atoms with Crippen molar-refractivity contribution in [3.05, 3.63) is 81.7 Å². The molecular formula is C19H16Cl2N4O. The van der Waals surface area contributed by atoms with E-state index in [0.29, 0.717) is 33.9 Å². The van der Waals surface area contributed by atoms with Crippen molar-refractivity contribution in [2.75, 3.05) is 5.32 Å². The van der Waals surface area contributed by atoms with Crippen molar-refractivity contribution < 1.29 is 4.79 Å². The molecule has 2 N–H and O–H groups in total. The number of hydrogen-bond donors (Lipinski definition) is 2. The van der Waals surface area contributed by atoms with Gasteiger partial charge in [-0.05, 0) is 24.6 Å². The summed E-state index contributed by atoms with van der Waals surface area (Å²) in [6.07, 6.45) is 0. The highest BCUT2D eigenvalue weighted by atomic mass is 35.5. The van der Waals surface area contributed by atoms with E-state index in [0.717, 1.165) is 5.56 Å². The quantitative estimate of drug-likeness (QED) is 0.662. The molecule has 132 valence electrons. The fourth-order valence-corrected chi connectivity index (χ4v) is 2.85. The molecule has 0 aliphatic carbocycles. The second-order valence-corrected chi connectivity index (χ2v) is 6.39. The molecule has 1 heterocycles. The van der Waals surface area contributed by atoms with E-state index in [4.69, 9.17) is 23.2 Å². The number of halogens is 2. The summed E-state index contributed by atoms with van der Waals surface area (Å²) in [5.74, 6) is 0.619. The Morgan fingerprint density at radius 3 is 2.38 bits per heavy atom. The number of aryl methyl sites for hydroxylation is 1. The van der Waals surface area contributed by atoms with Crippen LogP contribution in [0.5, 0.6) is 0 Å². The summed E-state index contributed by atoms with van der Waals surface area (Å²) in [5, 5.41) is 6.83. The first-order chi connectivity index (χ1) is 12.5. The lowest BCUT2D eigenvalue weighted by Crippen LogP contribution is -2.24. The van der Waals surface area contributed by atoms with Crippen LogP contribution in [-0.4, -0.2) is 15.9 Å². The van der Waals surface area contributed by atoms with Crippen LogP contribution in [0.15, 0.2) is 54.6 Å². The van der Waals surface area contributed by atoms with E-state index in [2.05, 4.69) is 20.6 Å². The van der Waals surface area contributed by atoms with Gasteiger partial charge in [-0.3, -0.25) is 4.79 Å². The maximum Gasteiger partial charge on any atom is 0.270 e. The number of nitrogens with zero attached hydrogens (tertiary/aromatic N) is 2. The van der Waals surface area contributed by atoms with Crippen molar-refractivity contribution >= 4 is 40.6 Å². The first-order valence-corrected chi connectivity index (χ1v) is 8.67. The maximum atomic E-state index is 12.4. The third kappa shape index (κ3) is 4.50. The Bertz CT molecular complexity index is 912. The summed E-state index contributed by atoms with van der Waals surface area (Å²) in [5.41, 5.74) is 1.80. The molecule has 1 aromatic heterocycles. The van der Waals surface area contributed by atoms with Gasteiger partial charge in [0.05, 0.1) is 15.7 Å². The first kappa shape index (κ1) is 18.2. The molecule has 3 aromatic rings. The highest BCUT2D eigenvalue weighted by Crippen LogP contribution is 2.32. The van der Waals surface area contributed by atoms with Crippen LogP contribution in [0, 0.1) is 6.92 Å². The summed E-state index contributed by atoms with van der Waals surface area (Å²) in [7, 11) is 0. The van der Waals surface area contributed by atoms with E-state index in [1.54, 1.807) is 31.2 Å². The zero-order valence-corrected chi connectivity index (χ0v) is 15.5. The van der Waals surface area contributed by atoms with Crippen molar-refractivity contribution in [1.29, 1.82) is 0 Å². The van der Waals surface area contributed by atoms with E-state index in [1.165, 1.54) is 0 Å². The van der Waals surface area contributed by atoms with E-state index < -0.39 is 0 Å². The van der Waals surface area contributed by atoms with Gasteiger partial charge >= 0.3 is 0 Å². The molecule has 0 unspecified atom stereocenters. The van der Waals surface area contributed by atoms with Crippen molar-refractivity contribution in [1.82, 2.24) is 15.3 Å². The summed E-state index contributed by atoms with van der Waals surface area (Å²) in [6, 6.07) is 16.4. The van der Waals surface area contributed by atoms with Gasteiger partial charge in [-0.25, -0.2) is 9.97 Å². The molecule has 7 heteroatoms. The molecule has 1 amide bonds. The Labute approximate surface area is 161 Å². The van der Waals surface area contributed by atoms with Crippen molar-refractivity contribution in [2.45, 2.75) is 13.5 Å². The Morgan fingerprint density at radius 1 is 1.00 bits per heavy atom. The summed E-state index contributed by atoms with van der Waals surface area (Å²) in [6.45, 7) is 2.13. The third-order valence-corrected chi connectivity index (χ3v) is 4.21. The average Bonchev–Trinajstić information content (AvgIpc) is 2.63. The molecule has 26 heavy (non-hydrogen) atoms. The number of para-hydroxylation sites is 1. The molecule has 2 aromatic carbocycles. The molecule has 0 spiro atoms. The van der Waals surface area contributed by atoms with Crippen LogP contribution in [-0.2, 0) is 6.54 Å². The van der Waals surface area contributed by atoms with Gasteiger partial charge in [-0.15, -0.1) is 0 Å². The molecule has 0 aliphatic rings. The molecule has 0 fully saturated rings. The number of carbonyl (C=O) groups is 1. The first-order valence-electron chi connectivity index (χ1n) is 7.92. The number of carbonyl (C=O) groups excluding carboxylic acids is 1. The molecule has 0 saturated carbocycles. The van der Waals surface area contributed by atoms with Crippen LogP contribution < -0.4 is 10.6 Å². The van der Waals surface area contributed by atoms with E-state index in [1.807, 2.05) is 30.3 Å². The third-order valence-electron chi connectivity index (χ3n) is 3.58. The SMILES string of the molecule is Cc1nc(Nc2c(Cl)cccc2Cl)cc(C(=O)NCc2ccccc2)n1. The van der Waals surface area contributed by atoms with E-state index in [9.17, 15) is 4.79 Å². The maximum absolute atomic E-state index is 12.4. The summed E-state index contributed by atoms with van der Waals surface area (Å²) >= 11 is 12.3. The lowest BCUT2D eigenvalue weighted by atomic mass is 10.2. The number of benzene rings is 2. The minimum absolute atomic E-state index is 0.263. The second kappa shape index (κ2) is 8.17. The van der Waals surface area contributed by atoms with Gasteiger partial charge in [-0.1, -0.05) is 59.6 Å². The molecule has 0 saturated heterocycles. The van der Waals surface area contributed by atoms with Crippen LogP contribution in [0.1, 0.15) is 21.9 Å². The van der Waals surface area contributed by atoms with Crippen molar-refractivity contribution in [2.24, 2.45) is 0 Å². The van der Waals surface area contributed by atoms with Crippen LogP contribution in [0.3, 0.4) is 0 Å². The highest BCUT2D eigenvalue weighted by molar-refractivity contribution is 6.39. The number of amides is 1. The van der Waals surface area contributed by atoms with E-state index >= 15 is 0 Å². The number of anilines is 2. The predicted octanol–water partition coefficient (Wildman–Crippen LogP) is 4.77. The summed E-state index contributed by atoms with van der Waals surface area (Å²) in [4.78, 5) is 20.9. The molecule has 0 atom stereocenters. The van der Waals surface area contributed by atoms with Gasteiger partial charge in [0, 0.05) is 12.6 Å². The van der Waals surface area contributed by atoms with Crippen LogP contribution in [0.4, 0.5) is 11.5 Å². The van der Waals surface area contributed by atoms with Crippen molar-refractivity contribution in [3.8, 4) is 0 Å². The fourth-order valence-electron chi connectivity index (χ4n) is 2.36. The smallest absolute Gasteiger partial charge is 0.270 e. The molecule has 5 nitrogen and oxygen atoms in total. The average molecular weight is 387 g/mol. The molecule has 0 bridgehead atoms. The lowest BCUT2D eigenvalue weighted by Gasteiger charge is -2.11. The number of rotatable bonds is 5. The molecular weight excluding hydrogens is 371 g/mol. The number of hydrogen-bond acceptors (Lipinski definition) is 4. The van der Waals surface area contributed by atoms with Gasteiger partial charge in [0.25, 0.3) is 5.91 Å². The second-order valence-electron chi connectivity index (χ2n) is 5.58. The van der Waals surface area contributed by atoms with Gasteiger partial charge in [0.15, 0.2) is 0 Å². The largest absolute Gasteiger partial charge is 0.347 e.